The van der Waals surface area contributed by atoms with E-state index in [9.17, 15) is 34.8 Å². The van der Waals surface area contributed by atoms with E-state index in [0.717, 1.165) is 38.5 Å². The van der Waals surface area contributed by atoms with Gasteiger partial charge < -0.3 is 39.4 Å². The van der Waals surface area contributed by atoms with Crippen molar-refractivity contribution in [3.8, 4) is 0 Å². The molecule has 52 heavy (non-hydrogen) atoms. The number of aliphatic hydroxyl groups excluding tert-OH is 3. The van der Waals surface area contributed by atoms with Crippen LogP contribution in [0, 0.1) is 0 Å². The molecule has 0 aromatic rings. The largest absolute Gasteiger partial charge is 0.479 e. The van der Waals surface area contributed by atoms with Crippen molar-refractivity contribution in [1.29, 1.82) is 0 Å². The van der Waals surface area contributed by atoms with Crippen molar-refractivity contribution in [3.63, 3.8) is 0 Å². The van der Waals surface area contributed by atoms with Crippen LogP contribution >= 0.6 is 0 Å². The molecule has 11 nitrogen and oxygen atoms in total. The molecular weight excluding hydrogens is 668 g/mol. The smallest absolute Gasteiger partial charge is 0.335 e. The summed E-state index contributed by atoms with van der Waals surface area (Å²) in [7, 11) is 0. The number of hydrogen-bond donors (Lipinski definition) is 4. The lowest BCUT2D eigenvalue weighted by molar-refractivity contribution is -0.298. The topological polar surface area (TPSA) is 169 Å². The summed E-state index contributed by atoms with van der Waals surface area (Å²) in [6.45, 7) is 3.81. The number of rotatable bonds is 35. The lowest BCUT2D eigenvalue weighted by Gasteiger charge is -2.38. The van der Waals surface area contributed by atoms with Gasteiger partial charge in [-0.15, -0.1) is 0 Å². The number of carboxylic acid groups (broad SMARTS) is 1. The number of aliphatic hydroxyl groups is 3. The number of esters is 2. The highest BCUT2D eigenvalue weighted by atomic mass is 16.7. The lowest BCUT2D eigenvalue weighted by Crippen LogP contribution is -2.60. The molecule has 1 rings (SSSR count). The Morgan fingerprint density at radius 3 is 1.31 bits per heavy atom. The van der Waals surface area contributed by atoms with Gasteiger partial charge in [-0.2, -0.15) is 0 Å². The number of hydrogen-bond acceptors (Lipinski definition) is 10. The fourth-order valence-corrected chi connectivity index (χ4v) is 6.59. The van der Waals surface area contributed by atoms with Gasteiger partial charge in [0.15, 0.2) is 18.5 Å². The first kappa shape index (κ1) is 48.2. The molecule has 4 N–H and O–H groups in total. The fourth-order valence-electron chi connectivity index (χ4n) is 6.59. The molecule has 1 saturated heterocycles. The van der Waals surface area contributed by atoms with Crippen LogP contribution in [0.3, 0.4) is 0 Å². The van der Waals surface area contributed by atoms with Gasteiger partial charge in [0, 0.05) is 12.8 Å². The van der Waals surface area contributed by atoms with Gasteiger partial charge in [0.25, 0.3) is 0 Å². The monoisotopic (exact) mass is 745 g/mol. The standard InChI is InChI=1S/C41H76O11/c1-3-5-7-9-11-13-15-17-18-20-21-23-25-27-29-34(42)49-31-33(32-50-41-38(46)36(44)37(45)39(52-41)40(47)48)51-35(43)30-28-26-24-22-19-16-14-12-10-8-6-4-2/h33,36-39,41,44-46H,3-32H2,1-2H3,(H,47,48). The zero-order valence-corrected chi connectivity index (χ0v) is 32.8. The molecule has 0 bridgehead atoms. The minimum Gasteiger partial charge on any atom is -0.479 e. The lowest BCUT2D eigenvalue weighted by atomic mass is 9.99. The van der Waals surface area contributed by atoms with Crippen LogP contribution in [0.2, 0.25) is 0 Å². The average molecular weight is 745 g/mol. The predicted molar refractivity (Wildman–Crippen MR) is 202 cm³/mol. The van der Waals surface area contributed by atoms with Crippen LogP contribution in [0.4, 0.5) is 0 Å². The molecule has 1 heterocycles. The molecule has 0 amide bonds. The maximum atomic E-state index is 12.7. The number of ether oxygens (including phenoxy) is 4. The quantitative estimate of drug-likeness (QED) is 0.0364. The number of aliphatic carboxylic acids is 1. The molecular formula is C41H76O11. The highest BCUT2D eigenvalue weighted by molar-refractivity contribution is 5.73. The Kier molecular flexibility index (Phi) is 30.3. The summed E-state index contributed by atoms with van der Waals surface area (Å²) in [6, 6.07) is 0. The Hall–Kier alpha value is -1.79. The third kappa shape index (κ3) is 24.5. The second-order valence-electron chi connectivity index (χ2n) is 14.8. The summed E-state index contributed by atoms with van der Waals surface area (Å²) in [6.07, 6.45) is 21.6. The van der Waals surface area contributed by atoms with Crippen LogP contribution in [0.1, 0.15) is 194 Å². The first-order valence-corrected chi connectivity index (χ1v) is 21.1. The molecule has 1 aliphatic rings. The number of carbonyl (C=O) groups excluding carboxylic acids is 2. The summed E-state index contributed by atoms with van der Waals surface area (Å²) < 4.78 is 21.7. The van der Waals surface area contributed by atoms with Crippen molar-refractivity contribution in [2.24, 2.45) is 0 Å². The van der Waals surface area contributed by atoms with Crippen molar-refractivity contribution < 1.29 is 53.8 Å². The molecule has 0 saturated carbocycles. The van der Waals surface area contributed by atoms with E-state index in [-0.39, 0.29) is 26.1 Å². The van der Waals surface area contributed by atoms with Gasteiger partial charge in [0.05, 0.1) is 6.61 Å². The molecule has 0 radical (unpaired) electrons. The zero-order valence-electron chi connectivity index (χ0n) is 32.8. The highest BCUT2D eigenvalue weighted by Gasteiger charge is 2.47. The number of unbranched alkanes of at least 4 members (excludes halogenated alkanes) is 24. The summed E-state index contributed by atoms with van der Waals surface area (Å²) >= 11 is 0. The fraction of sp³-hybridized carbons (Fsp3) is 0.927. The summed E-state index contributed by atoms with van der Waals surface area (Å²) in [4.78, 5) is 36.7. The van der Waals surface area contributed by atoms with E-state index in [2.05, 4.69) is 13.8 Å². The van der Waals surface area contributed by atoms with E-state index in [4.69, 9.17) is 18.9 Å². The van der Waals surface area contributed by atoms with Crippen molar-refractivity contribution >= 4 is 17.9 Å². The van der Waals surface area contributed by atoms with E-state index in [0.29, 0.717) is 12.8 Å². The maximum absolute atomic E-state index is 12.7. The van der Waals surface area contributed by atoms with Gasteiger partial charge in [0.1, 0.15) is 24.9 Å². The third-order valence-corrected chi connectivity index (χ3v) is 9.96. The van der Waals surface area contributed by atoms with E-state index >= 15 is 0 Å². The Labute approximate surface area is 314 Å². The van der Waals surface area contributed by atoms with Crippen LogP contribution in [-0.2, 0) is 33.3 Å². The second-order valence-corrected chi connectivity index (χ2v) is 14.8. The van der Waals surface area contributed by atoms with E-state index < -0.39 is 54.7 Å². The van der Waals surface area contributed by atoms with Crippen molar-refractivity contribution in [3.05, 3.63) is 0 Å². The minimum absolute atomic E-state index is 0.190. The van der Waals surface area contributed by atoms with Crippen LogP contribution in [-0.4, -0.2) is 88.4 Å². The SMILES string of the molecule is CCCCCCCCCCCCCCCCC(=O)OCC(COC1OC(C(=O)O)C(O)C(O)C1O)OC(=O)CCCCCCCCCCCCCC. The normalized spacial score (nSPS) is 20.8. The van der Waals surface area contributed by atoms with Crippen molar-refractivity contribution in [2.45, 2.75) is 230 Å². The minimum atomic E-state index is -1.85. The van der Waals surface area contributed by atoms with Gasteiger partial charge in [-0.05, 0) is 12.8 Å². The molecule has 1 aliphatic heterocycles. The van der Waals surface area contributed by atoms with Gasteiger partial charge >= 0.3 is 17.9 Å². The molecule has 306 valence electrons. The third-order valence-electron chi connectivity index (χ3n) is 9.96. The van der Waals surface area contributed by atoms with Gasteiger partial charge in [0.2, 0.25) is 0 Å². The van der Waals surface area contributed by atoms with Crippen molar-refractivity contribution in [1.82, 2.24) is 0 Å². The molecule has 6 unspecified atom stereocenters. The Balaban J connectivity index is 2.39. The Bertz CT molecular complexity index is 885. The molecule has 0 aromatic carbocycles. The molecule has 0 spiro atoms. The van der Waals surface area contributed by atoms with Gasteiger partial charge in [-0.1, -0.05) is 168 Å². The van der Waals surface area contributed by atoms with Crippen LogP contribution < -0.4 is 0 Å². The molecule has 0 aliphatic carbocycles. The highest BCUT2D eigenvalue weighted by Crippen LogP contribution is 2.23. The van der Waals surface area contributed by atoms with Crippen LogP contribution in [0.15, 0.2) is 0 Å². The van der Waals surface area contributed by atoms with Crippen LogP contribution in [0.25, 0.3) is 0 Å². The number of carboxylic acids is 1. The van der Waals surface area contributed by atoms with Gasteiger partial charge in [-0.3, -0.25) is 9.59 Å². The Morgan fingerprint density at radius 2 is 0.904 bits per heavy atom. The molecule has 6 atom stereocenters. The number of carbonyl (C=O) groups is 3. The van der Waals surface area contributed by atoms with E-state index in [1.54, 1.807) is 0 Å². The summed E-state index contributed by atoms with van der Waals surface area (Å²) in [5.41, 5.74) is 0. The Morgan fingerprint density at radius 1 is 0.519 bits per heavy atom. The van der Waals surface area contributed by atoms with E-state index in [1.807, 2.05) is 0 Å². The van der Waals surface area contributed by atoms with E-state index in [1.165, 1.54) is 116 Å². The van der Waals surface area contributed by atoms with Crippen LogP contribution in [0.5, 0.6) is 0 Å². The van der Waals surface area contributed by atoms with Crippen molar-refractivity contribution in [2.75, 3.05) is 13.2 Å². The summed E-state index contributed by atoms with van der Waals surface area (Å²) in [5.74, 6) is -2.43. The van der Waals surface area contributed by atoms with Gasteiger partial charge in [-0.25, -0.2) is 4.79 Å². The average Bonchev–Trinajstić information content (AvgIpc) is 3.12. The zero-order chi connectivity index (χ0) is 38.2. The molecule has 0 aromatic heterocycles. The second kappa shape index (κ2) is 32.6. The maximum Gasteiger partial charge on any atom is 0.335 e. The molecule has 1 fully saturated rings. The summed E-state index contributed by atoms with van der Waals surface area (Å²) in [5, 5.41) is 39.7. The predicted octanol–water partition coefficient (Wildman–Crippen LogP) is 8.31. The first-order chi connectivity index (χ1) is 25.2. The first-order valence-electron chi connectivity index (χ1n) is 21.1. The molecule has 11 heteroatoms.